The molecule has 0 aliphatic carbocycles. The second-order valence-corrected chi connectivity index (χ2v) is 2.19. The van der Waals surface area contributed by atoms with Crippen LogP contribution in [-0.4, -0.2) is 18.2 Å². The Balaban J connectivity index is 2.89. The van der Waals surface area contributed by atoms with Crippen molar-refractivity contribution in [1.29, 1.82) is 0 Å². The molecule has 0 fully saturated rings. The molecule has 1 aromatic heterocycles. The van der Waals surface area contributed by atoms with Crippen molar-refractivity contribution in [3.8, 4) is 0 Å². The van der Waals surface area contributed by atoms with Crippen LogP contribution in [0, 0.1) is 0 Å². The molecule has 0 unspecified atom stereocenters. The molecule has 0 saturated carbocycles. The van der Waals surface area contributed by atoms with E-state index in [9.17, 15) is 0 Å². The van der Waals surface area contributed by atoms with E-state index >= 15 is 0 Å². The van der Waals surface area contributed by atoms with Crippen LogP contribution >= 0.6 is 11.6 Å². The quantitative estimate of drug-likeness (QED) is 0.447. The van der Waals surface area contributed by atoms with E-state index in [4.69, 9.17) is 11.6 Å². The summed E-state index contributed by atoms with van der Waals surface area (Å²) >= 11 is 5.56. The first-order valence-electron chi connectivity index (χ1n) is 2.86. The van der Waals surface area contributed by atoms with Crippen molar-refractivity contribution in [2.24, 2.45) is 4.99 Å². The van der Waals surface area contributed by atoms with Crippen molar-refractivity contribution in [2.75, 3.05) is 7.05 Å². The van der Waals surface area contributed by atoms with E-state index in [-0.39, 0.29) is 0 Å². The van der Waals surface area contributed by atoms with Gasteiger partial charge in [0.25, 0.3) is 0 Å². The van der Waals surface area contributed by atoms with Crippen molar-refractivity contribution in [3.05, 3.63) is 29.0 Å². The zero-order valence-corrected chi connectivity index (χ0v) is 6.34. The molecule has 0 bridgehead atoms. The number of rotatable bonds is 1. The van der Waals surface area contributed by atoms with Crippen molar-refractivity contribution in [3.63, 3.8) is 0 Å². The molecule has 0 atom stereocenters. The third-order valence-electron chi connectivity index (χ3n) is 1.03. The fourth-order valence-corrected chi connectivity index (χ4v) is 0.724. The second-order valence-electron chi connectivity index (χ2n) is 1.80. The maximum Gasteiger partial charge on any atom is 0.129 e. The van der Waals surface area contributed by atoms with Crippen LogP contribution in [0.4, 0.5) is 0 Å². The molecule has 0 amide bonds. The smallest absolute Gasteiger partial charge is 0.129 e. The largest absolute Gasteiger partial charge is 0.296 e. The van der Waals surface area contributed by atoms with Gasteiger partial charge in [-0.05, 0) is 12.1 Å². The molecule has 0 spiro atoms. The number of hydrogen-bond donors (Lipinski definition) is 0. The van der Waals surface area contributed by atoms with Gasteiger partial charge >= 0.3 is 0 Å². The Morgan fingerprint density at radius 1 is 1.60 bits per heavy atom. The van der Waals surface area contributed by atoms with Gasteiger partial charge in [0.2, 0.25) is 0 Å². The lowest BCUT2D eigenvalue weighted by Gasteiger charge is -1.89. The Bertz CT molecular complexity index is 228. The zero-order valence-electron chi connectivity index (χ0n) is 5.58. The summed E-state index contributed by atoms with van der Waals surface area (Å²) in [5, 5.41) is 0.508. The standard InChI is InChI=1S/C7H7ClN2/c1-9-4-6-2-3-7(8)10-5-6/h2-5H,1H3. The Morgan fingerprint density at radius 3 is 2.90 bits per heavy atom. The van der Waals surface area contributed by atoms with Crippen LogP contribution in [0.15, 0.2) is 23.3 Å². The van der Waals surface area contributed by atoms with E-state index in [0.29, 0.717) is 5.15 Å². The summed E-state index contributed by atoms with van der Waals surface area (Å²) in [5.41, 5.74) is 0.965. The zero-order chi connectivity index (χ0) is 7.40. The van der Waals surface area contributed by atoms with E-state index in [1.807, 2.05) is 6.07 Å². The van der Waals surface area contributed by atoms with Gasteiger partial charge in [0.05, 0.1) is 0 Å². The van der Waals surface area contributed by atoms with E-state index in [1.54, 1.807) is 25.5 Å². The Kier molecular flexibility index (Phi) is 2.40. The molecule has 1 aromatic rings. The van der Waals surface area contributed by atoms with Crippen LogP contribution in [0.25, 0.3) is 0 Å². The summed E-state index contributed by atoms with van der Waals surface area (Å²) in [6, 6.07) is 3.60. The van der Waals surface area contributed by atoms with E-state index in [0.717, 1.165) is 5.56 Å². The molecule has 10 heavy (non-hydrogen) atoms. The summed E-state index contributed by atoms with van der Waals surface area (Å²) in [6.07, 6.45) is 3.40. The normalized spacial score (nSPS) is 10.6. The van der Waals surface area contributed by atoms with Crippen LogP contribution in [0.5, 0.6) is 0 Å². The average molecular weight is 155 g/mol. The third kappa shape index (κ3) is 1.81. The maximum atomic E-state index is 5.56. The van der Waals surface area contributed by atoms with Gasteiger partial charge in [0.1, 0.15) is 5.15 Å². The number of aliphatic imine (C=N–C) groups is 1. The second kappa shape index (κ2) is 3.32. The fraction of sp³-hybridized carbons (Fsp3) is 0.143. The summed E-state index contributed by atoms with van der Waals surface area (Å²) in [4.78, 5) is 7.70. The first-order chi connectivity index (χ1) is 4.83. The summed E-state index contributed by atoms with van der Waals surface area (Å²) in [7, 11) is 1.72. The molecule has 0 aliphatic rings. The first kappa shape index (κ1) is 7.22. The van der Waals surface area contributed by atoms with Gasteiger partial charge in [0, 0.05) is 25.0 Å². The molecular formula is C7H7ClN2. The number of hydrogen-bond acceptors (Lipinski definition) is 2. The minimum atomic E-state index is 0.508. The van der Waals surface area contributed by atoms with Crippen LogP contribution in [0.3, 0.4) is 0 Å². The predicted octanol–water partition coefficient (Wildman–Crippen LogP) is 1.78. The molecular weight excluding hydrogens is 148 g/mol. The van der Waals surface area contributed by atoms with Gasteiger partial charge in [-0.1, -0.05) is 11.6 Å². The van der Waals surface area contributed by atoms with Gasteiger partial charge in [0.15, 0.2) is 0 Å². The number of nitrogens with zero attached hydrogens (tertiary/aromatic N) is 2. The molecule has 2 nitrogen and oxygen atoms in total. The van der Waals surface area contributed by atoms with Crippen LogP contribution in [0.2, 0.25) is 5.15 Å². The van der Waals surface area contributed by atoms with E-state index < -0.39 is 0 Å². The molecule has 0 aliphatic heterocycles. The lowest BCUT2D eigenvalue weighted by molar-refractivity contribution is 1.31. The molecule has 0 aromatic carbocycles. The molecule has 0 radical (unpaired) electrons. The molecule has 1 heterocycles. The number of pyridine rings is 1. The van der Waals surface area contributed by atoms with Crippen molar-refractivity contribution in [1.82, 2.24) is 4.98 Å². The van der Waals surface area contributed by atoms with E-state index in [2.05, 4.69) is 9.98 Å². The summed E-state index contributed by atoms with van der Waals surface area (Å²) in [5.74, 6) is 0. The Labute approximate surface area is 64.6 Å². The minimum Gasteiger partial charge on any atom is -0.296 e. The number of aromatic nitrogens is 1. The minimum absolute atomic E-state index is 0.508. The van der Waals surface area contributed by atoms with Crippen molar-refractivity contribution >= 4 is 17.8 Å². The van der Waals surface area contributed by atoms with Crippen LogP contribution in [0.1, 0.15) is 5.56 Å². The highest BCUT2D eigenvalue weighted by Crippen LogP contribution is 2.02. The molecule has 52 valence electrons. The molecule has 0 saturated heterocycles. The molecule has 0 N–H and O–H groups in total. The van der Waals surface area contributed by atoms with Gasteiger partial charge in [-0.2, -0.15) is 0 Å². The van der Waals surface area contributed by atoms with Crippen molar-refractivity contribution in [2.45, 2.75) is 0 Å². The fourth-order valence-electron chi connectivity index (χ4n) is 0.613. The van der Waals surface area contributed by atoms with Gasteiger partial charge in [-0.15, -0.1) is 0 Å². The van der Waals surface area contributed by atoms with Crippen LogP contribution < -0.4 is 0 Å². The lowest BCUT2D eigenvalue weighted by atomic mass is 10.3. The van der Waals surface area contributed by atoms with Gasteiger partial charge < -0.3 is 0 Å². The maximum absolute atomic E-state index is 5.56. The highest BCUT2D eigenvalue weighted by Gasteiger charge is 1.87. The molecule has 3 heteroatoms. The Morgan fingerprint density at radius 2 is 2.40 bits per heavy atom. The number of halogens is 1. The summed E-state index contributed by atoms with van der Waals surface area (Å²) < 4.78 is 0. The monoisotopic (exact) mass is 154 g/mol. The topological polar surface area (TPSA) is 25.2 Å². The summed E-state index contributed by atoms with van der Waals surface area (Å²) in [6.45, 7) is 0. The predicted molar refractivity (Wildman–Crippen MR) is 42.8 cm³/mol. The Hall–Kier alpha value is -0.890. The third-order valence-corrected chi connectivity index (χ3v) is 1.25. The van der Waals surface area contributed by atoms with Crippen molar-refractivity contribution < 1.29 is 0 Å². The lowest BCUT2D eigenvalue weighted by Crippen LogP contribution is -1.81. The van der Waals surface area contributed by atoms with E-state index in [1.165, 1.54) is 0 Å². The first-order valence-corrected chi connectivity index (χ1v) is 3.24. The molecule has 1 rings (SSSR count). The van der Waals surface area contributed by atoms with Gasteiger partial charge in [-0.3, -0.25) is 4.99 Å². The SMILES string of the molecule is CN=Cc1ccc(Cl)nc1. The van der Waals surface area contributed by atoms with Gasteiger partial charge in [-0.25, -0.2) is 4.98 Å². The highest BCUT2D eigenvalue weighted by atomic mass is 35.5. The average Bonchev–Trinajstić information content (AvgIpc) is 1.95. The van der Waals surface area contributed by atoms with Crippen LogP contribution in [-0.2, 0) is 0 Å². The highest BCUT2D eigenvalue weighted by molar-refractivity contribution is 6.29.